The Morgan fingerprint density at radius 3 is 2.89 bits per heavy atom. The molecule has 3 rings (SSSR count). The molecule has 3 heteroatoms. The Bertz CT molecular complexity index is 535. The molecule has 92 valence electrons. The molecule has 2 aromatic rings. The van der Waals surface area contributed by atoms with E-state index in [0.717, 1.165) is 23.2 Å². The van der Waals surface area contributed by atoms with Crippen molar-refractivity contribution in [1.82, 2.24) is 10.3 Å². The SMILES string of the molecule is Fc1ccc(CNC2CC2)c(-c2cccnc2)c1. The lowest BCUT2D eigenvalue weighted by atomic mass is 10.0. The molecule has 0 saturated heterocycles. The zero-order chi connectivity index (χ0) is 12.4. The Morgan fingerprint density at radius 2 is 2.17 bits per heavy atom. The molecule has 1 heterocycles. The van der Waals surface area contributed by atoms with Crippen LogP contribution in [-0.2, 0) is 6.54 Å². The third kappa shape index (κ3) is 2.57. The van der Waals surface area contributed by atoms with Crippen molar-refractivity contribution in [3.05, 3.63) is 54.1 Å². The number of pyridine rings is 1. The number of hydrogen-bond acceptors (Lipinski definition) is 2. The molecule has 18 heavy (non-hydrogen) atoms. The largest absolute Gasteiger partial charge is 0.310 e. The maximum absolute atomic E-state index is 13.4. The van der Waals surface area contributed by atoms with Crippen LogP contribution in [0, 0.1) is 5.82 Å². The van der Waals surface area contributed by atoms with Gasteiger partial charge in [0.2, 0.25) is 0 Å². The van der Waals surface area contributed by atoms with E-state index in [-0.39, 0.29) is 5.82 Å². The molecule has 1 saturated carbocycles. The van der Waals surface area contributed by atoms with Crippen molar-refractivity contribution >= 4 is 0 Å². The quantitative estimate of drug-likeness (QED) is 0.891. The molecular formula is C15H15FN2. The van der Waals surface area contributed by atoms with Gasteiger partial charge in [-0.1, -0.05) is 12.1 Å². The number of halogens is 1. The number of hydrogen-bond donors (Lipinski definition) is 1. The summed E-state index contributed by atoms with van der Waals surface area (Å²) < 4.78 is 13.4. The highest BCUT2D eigenvalue weighted by Crippen LogP contribution is 2.25. The monoisotopic (exact) mass is 242 g/mol. The van der Waals surface area contributed by atoms with Crippen molar-refractivity contribution in [2.45, 2.75) is 25.4 Å². The van der Waals surface area contributed by atoms with Crippen LogP contribution in [0.3, 0.4) is 0 Å². The summed E-state index contributed by atoms with van der Waals surface area (Å²) in [6.07, 6.45) is 6.01. The maximum atomic E-state index is 13.4. The van der Waals surface area contributed by atoms with E-state index in [9.17, 15) is 4.39 Å². The van der Waals surface area contributed by atoms with E-state index in [1.165, 1.54) is 18.9 Å². The van der Waals surface area contributed by atoms with Gasteiger partial charge in [-0.25, -0.2) is 4.39 Å². The number of nitrogens with one attached hydrogen (secondary N) is 1. The molecule has 2 nitrogen and oxygen atoms in total. The summed E-state index contributed by atoms with van der Waals surface area (Å²) in [5, 5.41) is 3.46. The Hall–Kier alpha value is -1.74. The van der Waals surface area contributed by atoms with Gasteiger partial charge in [0.25, 0.3) is 0 Å². The van der Waals surface area contributed by atoms with Crippen molar-refractivity contribution in [3.8, 4) is 11.1 Å². The molecule has 0 radical (unpaired) electrons. The van der Waals surface area contributed by atoms with Crippen LogP contribution in [0.15, 0.2) is 42.7 Å². The molecule has 1 aromatic heterocycles. The van der Waals surface area contributed by atoms with Gasteiger partial charge in [-0.05, 0) is 42.2 Å². The van der Waals surface area contributed by atoms with Crippen LogP contribution >= 0.6 is 0 Å². The summed E-state index contributed by atoms with van der Waals surface area (Å²) >= 11 is 0. The molecule has 0 spiro atoms. The molecular weight excluding hydrogens is 227 g/mol. The molecule has 1 fully saturated rings. The van der Waals surface area contributed by atoms with Gasteiger partial charge in [-0.3, -0.25) is 4.98 Å². The Labute approximate surface area is 106 Å². The fourth-order valence-corrected chi connectivity index (χ4v) is 2.04. The van der Waals surface area contributed by atoms with Gasteiger partial charge in [0, 0.05) is 30.5 Å². The minimum absolute atomic E-state index is 0.205. The second-order valence-electron chi connectivity index (χ2n) is 4.70. The summed E-state index contributed by atoms with van der Waals surface area (Å²) in [5.74, 6) is -0.205. The van der Waals surface area contributed by atoms with Gasteiger partial charge in [0.05, 0.1) is 0 Å². The second kappa shape index (κ2) is 4.86. The fraction of sp³-hybridized carbons (Fsp3) is 0.267. The van der Waals surface area contributed by atoms with Crippen LogP contribution in [0.5, 0.6) is 0 Å². The highest BCUT2D eigenvalue weighted by molar-refractivity contribution is 5.66. The lowest BCUT2D eigenvalue weighted by Crippen LogP contribution is -2.15. The summed E-state index contributed by atoms with van der Waals surface area (Å²) in [6.45, 7) is 0.787. The van der Waals surface area contributed by atoms with Crippen LogP contribution in [0.2, 0.25) is 0 Å². The van der Waals surface area contributed by atoms with Gasteiger partial charge >= 0.3 is 0 Å². The number of nitrogens with zero attached hydrogens (tertiary/aromatic N) is 1. The summed E-state index contributed by atoms with van der Waals surface area (Å²) in [6, 6.07) is 9.44. The van der Waals surface area contributed by atoms with Crippen molar-refractivity contribution in [3.63, 3.8) is 0 Å². The van der Waals surface area contributed by atoms with Crippen LogP contribution < -0.4 is 5.32 Å². The van der Waals surface area contributed by atoms with Crippen molar-refractivity contribution in [2.75, 3.05) is 0 Å². The first-order chi connectivity index (χ1) is 8.83. The molecule has 0 amide bonds. The average molecular weight is 242 g/mol. The normalized spacial score (nSPS) is 14.7. The van der Waals surface area contributed by atoms with Gasteiger partial charge in [0.1, 0.15) is 5.82 Å². The lowest BCUT2D eigenvalue weighted by molar-refractivity contribution is 0.625. The van der Waals surface area contributed by atoms with Gasteiger partial charge < -0.3 is 5.32 Å². The van der Waals surface area contributed by atoms with E-state index in [0.29, 0.717) is 6.04 Å². The van der Waals surface area contributed by atoms with E-state index >= 15 is 0 Å². The zero-order valence-corrected chi connectivity index (χ0v) is 10.1. The highest BCUT2D eigenvalue weighted by Gasteiger charge is 2.20. The number of rotatable bonds is 4. The van der Waals surface area contributed by atoms with Crippen LogP contribution in [0.25, 0.3) is 11.1 Å². The molecule has 0 unspecified atom stereocenters. The first kappa shape index (κ1) is 11.4. The topological polar surface area (TPSA) is 24.9 Å². The van der Waals surface area contributed by atoms with Crippen molar-refractivity contribution < 1.29 is 4.39 Å². The van der Waals surface area contributed by atoms with Crippen LogP contribution in [0.1, 0.15) is 18.4 Å². The van der Waals surface area contributed by atoms with Crippen molar-refractivity contribution in [1.29, 1.82) is 0 Å². The van der Waals surface area contributed by atoms with Gasteiger partial charge in [-0.2, -0.15) is 0 Å². The molecule has 0 atom stereocenters. The molecule has 1 aromatic carbocycles. The minimum atomic E-state index is -0.205. The summed E-state index contributed by atoms with van der Waals surface area (Å²) in [4.78, 5) is 4.10. The Morgan fingerprint density at radius 1 is 1.28 bits per heavy atom. The standard InChI is InChI=1S/C15H15FN2/c16-13-4-3-12(10-18-14-5-6-14)15(8-13)11-2-1-7-17-9-11/h1-4,7-9,14,18H,5-6,10H2. The highest BCUT2D eigenvalue weighted by atomic mass is 19.1. The molecule has 1 N–H and O–H groups in total. The maximum Gasteiger partial charge on any atom is 0.123 e. The third-order valence-electron chi connectivity index (χ3n) is 3.20. The number of benzene rings is 1. The molecule has 1 aliphatic carbocycles. The van der Waals surface area contributed by atoms with Crippen molar-refractivity contribution in [2.24, 2.45) is 0 Å². The van der Waals surface area contributed by atoms with E-state index in [1.54, 1.807) is 18.5 Å². The van der Waals surface area contributed by atoms with Gasteiger partial charge in [-0.15, -0.1) is 0 Å². The van der Waals surface area contributed by atoms with E-state index in [1.807, 2.05) is 18.2 Å². The average Bonchev–Trinajstić information content (AvgIpc) is 3.22. The van der Waals surface area contributed by atoms with E-state index in [4.69, 9.17) is 0 Å². The van der Waals surface area contributed by atoms with Crippen LogP contribution in [0.4, 0.5) is 4.39 Å². The first-order valence-electron chi connectivity index (χ1n) is 6.25. The lowest BCUT2D eigenvalue weighted by Gasteiger charge is -2.10. The van der Waals surface area contributed by atoms with Crippen LogP contribution in [-0.4, -0.2) is 11.0 Å². The Kier molecular flexibility index (Phi) is 3.07. The fourth-order valence-electron chi connectivity index (χ4n) is 2.04. The Balaban J connectivity index is 1.92. The zero-order valence-electron chi connectivity index (χ0n) is 10.1. The summed E-state index contributed by atoms with van der Waals surface area (Å²) in [5.41, 5.74) is 3.01. The number of aromatic nitrogens is 1. The van der Waals surface area contributed by atoms with E-state index < -0.39 is 0 Å². The summed E-state index contributed by atoms with van der Waals surface area (Å²) in [7, 11) is 0. The minimum Gasteiger partial charge on any atom is -0.310 e. The molecule has 0 aliphatic heterocycles. The molecule has 0 bridgehead atoms. The van der Waals surface area contributed by atoms with Gasteiger partial charge in [0.15, 0.2) is 0 Å². The smallest absolute Gasteiger partial charge is 0.123 e. The third-order valence-corrected chi connectivity index (χ3v) is 3.20. The molecule has 1 aliphatic rings. The predicted octanol–water partition coefficient (Wildman–Crippen LogP) is 3.14. The van der Waals surface area contributed by atoms with E-state index in [2.05, 4.69) is 10.3 Å². The second-order valence-corrected chi connectivity index (χ2v) is 4.70. The first-order valence-corrected chi connectivity index (χ1v) is 6.25. The predicted molar refractivity (Wildman–Crippen MR) is 69.5 cm³/mol.